The molecule has 0 aliphatic heterocycles. The molecule has 90 valence electrons. The second kappa shape index (κ2) is 5.77. The first-order chi connectivity index (χ1) is 8.36. The Balaban J connectivity index is 2.38. The highest BCUT2D eigenvalue weighted by Gasteiger charge is 2.11. The van der Waals surface area contributed by atoms with Gasteiger partial charge in [0.1, 0.15) is 0 Å². The standard InChI is InChI=1S/C14H18N2O/c15-10-14(16-8-9-17)13-7-3-5-11-4-1-2-6-12(11)13/h1-7,14,16-17H,8-10,15H2. The summed E-state index contributed by atoms with van der Waals surface area (Å²) in [5, 5.41) is 14.6. The Labute approximate surface area is 101 Å². The van der Waals surface area contributed by atoms with Crippen molar-refractivity contribution in [3.05, 3.63) is 48.0 Å². The van der Waals surface area contributed by atoms with E-state index in [1.54, 1.807) is 0 Å². The van der Waals surface area contributed by atoms with Crippen LogP contribution in [0.3, 0.4) is 0 Å². The second-order valence-corrected chi connectivity index (χ2v) is 4.03. The maximum atomic E-state index is 8.87. The number of hydrogen-bond acceptors (Lipinski definition) is 3. The van der Waals surface area contributed by atoms with Crippen molar-refractivity contribution in [2.75, 3.05) is 19.7 Å². The van der Waals surface area contributed by atoms with Crippen LogP contribution in [-0.2, 0) is 0 Å². The molecule has 0 aliphatic carbocycles. The van der Waals surface area contributed by atoms with Crippen molar-refractivity contribution in [1.29, 1.82) is 0 Å². The fourth-order valence-corrected chi connectivity index (χ4v) is 2.11. The van der Waals surface area contributed by atoms with Crippen LogP contribution in [0.4, 0.5) is 0 Å². The lowest BCUT2D eigenvalue weighted by Gasteiger charge is -2.18. The summed E-state index contributed by atoms with van der Waals surface area (Å²) in [6.45, 7) is 1.21. The molecule has 0 fully saturated rings. The van der Waals surface area contributed by atoms with Gasteiger partial charge in [-0.1, -0.05) is 42.5 Å². The van der Waals surface area contributed by atoms with Crippen LogP contribution in [0.2, 0.25) is 0 Å². The fourth-order valence-electron chi connectivity index (χ4n) is 2.11. The first-order valence-electron chi connectivity index (χ1n) is 5.88. The molecule has 0 saturated carbocycles. The summed E-state index contributed by atoms with van der Waals surface area (Å²) < 4.78 is 0. The summed E-state index contributed by atoms with van der Waals surface area (Å²) in [6.07, 6.45) is 0. The van der Waals surface area contributed by atoms with Gasteiger partial charge in [-0.25, -0.2) is 0 Å². The van der Waals surface area contributed by atoms with Crippen molar-refractivity contribution >= 4 is 10.8 Å². The smallest absolute Gasteiger partial charge is 0.0556 e. The van der Waals surface area contributed by atoms with Crippen LogP contribution in [-0.4, -0.2) is 24.8 Å². The number of benzene rings is 2. The lowest BCUT2D eigenvalue weighted by atomic mass is 9.99. The predicted molar refractivity (Wildman–Crippen MR) is 70.8 cm³/mol. The number of aliphatic hydroxyl groups is 1. The van der Waals surface area contributed by atoms with Crippen molar-refractivity contribution in [2.45, 2.75) is 6.04 Å². The van der Waals surface area contributed by atoms with Crippen LogP contribution in [0.1, 0.15) is 11.6 Å². The van der Waals surface area contributed by atoms with E-state index in [-0.39, 0.29) is 12.6 Å². The number of fused-ring (bicyclic) bond motifs is 1. The number of hydrogen-bond donors (Lipinski definition) is 3. The largest absolute Gasteiger partial charge is 0.395 e. The van der Waals surface area contributed by atoms with Gasteiger partial charge in [0.2, 0.25) is 0 Å². The van der Waals surface area contributed by atoms with E-state index in [2.05, 4.69) is 29.6 Å². The van der Waals surface area contributed by atoms with E-state index in [1.807, 2.05) is 18.2 Å². The van der Waals surface area contributed by atoms with E-state index in [4.69, 9.17) is 10.8 Å². The molecule has 0 amide bonds. The average Bonchev–Trinajstić information content (AvgIpc) is 2.40. The minimum atomic E-state index is 0.0910. The van der Waals surface area contributed by atoms with Crippen molar-refractivity contribution < 1.29 is 5.11 Å². The zero-order valence-corrected chi connectivity index (χ0v) is 9.76. The molecule has 0 saturated heterocycles. The monoisotopic (exact) mass is 230 g/mol. The molecule has 3 nitrogen and oxygen atoms in total. The molecule has 4 N–H and O–H groups in total. The number of rotatable bonds is 5. The molecule has 2 aromatic rings. The van der Waals surface area contributed by atoms with E-state index in [0.29, 0.717) is 13.1 Å². The zero-order chi connectivity index (χ0) is 12.1. The van der Waals surface area contributed by atoms with Crippen molar-refractivity contribution in [2.24, 2.45) is 5.73 Å². The normalized spacial score (nSPS) is 12.8. The molecule has 3 heteroatoms. The van der Waals surface area contributed by atoms with Crippen LogP contribution < -0.4 is 11.1 Å². The molecule has 1 atom stereocenters. The molecule has 0 bridgehead atoms. The Morgan fingerprint density at radius 3 is 2.65 bits per heavy atom. The van der Waals surface area contributed by atoms with Gasteiger partial charge in [0.25, 0.3) is 0 Å². The van der Waals surface area contributed by atoms with Crippen LogP contribution >= 0.6 is 0 Å². The SMILES string of the molecule is NCC(NCCO)c1cccc2ccccc12. The van der Waals surface area contributed by atoms with Crippen molar-refractivity contribution in [3.8, 4) is 0 Å². The number of nitrogens with two attached hydrogens (primary N) is 1. The van der Waals surface area contributed by atoms with Crippen LogP contribution in [0.25, 0.3) is 10.8 Å². The van der Waals surface area contributed by atoms with Crippen LogP contribution in [0.15, 0.2) is 42.5 Å². The minimum absolute atomic E-state index is 0.0910. The van der Waals surface area contributed by atoms with Gasteiger partial charge in [-0.05, 0) is 16.3 Å². The van der Waals surface area contributed by atoms with Gasteiger partial charge in [-0.2, -0.15) is 0 Å². The third-order valence-electron chi connectivity index (χ3n) is 2.94. The van der Waals surface area contributed by atoms with Crippen molar-refractivity contribution in [1.82, 2.24) is 5.32 Å². The Hall–Kier alpha value is -1.42. The third kappa shape index (κ3) is 2.64. The summed E-state index contributed by atoms with van der Waals surface area (Å²) in [5.74, 6) is 0. The van der Waals surface area contributed by atoms with Crippen molar-refractivity contribution in [3.63, 3.8) is 0 Å². The summed E-state index contributed by atoms with van der Waals surface area (Å²) in [5.41, 5.74) is 6.99. The molecule has 1 unspecified atom stereocenters. The van der Waals surface area contributed by atoms with Gasteiger partial charge < -0.3 is 16.2 Å². The molecule has 0 spiro atoms. The quantitative estimate of drug-likeness (QED) is 0.728. The third-order valence-corrected chi connectivity index (χ3v) is 2.94. The Morgan fingerprint density at radius 1 is 1.12 bits per heavy atom. The molecular weight excluding hydrogens is 212 g/mol. The lowest BCUT2D eigenvalue weighted by Crippen LogP contribution is -2.30. The Kier molecular flexibility index (Phi) is 4.09. The molecule has 2 rings (SSSR count). The first kappa shape index (κ1) is 12.0. The molecule has 17 heavy (non-hydrogen) atoms. The maximum Gasteiger partial charge on any atom is 0.0556 e. The molecule has 0 aliphatic rings. The second-order valence-electron chi connectivity index (χ2n) is 4.03. The highest BCUT2D eigenvalue weighted by molar-refractivity contribution is 5.86. The van der Waals surface area contributed by atoms with E-state index < -0.39 is 0 Å². The summed E-state index contributed by atoms with van der Waals surface area (Å²) >= 11 is 0. The fraction of sp³-hybridized carbons (Fsp3) is 0.286. The lowest BCUT2D eigenvalue weighted by molar-refractivity contribution is 0.285. The number of aliphatic hydroxyl groups excluding tert-OH is 1. The molecular formula is C14H18N2O. The summed E-state index contributed by atoms with van der Waals surface area (Å²) in [4.78, 5) is 0. The highest BCUT2D eigenvalue weighted by atomic mass is 16.3. The Bertz CT molecular complexity index is 479. The predicted octanol–water partition coefficient (Wildman–Crippen LogP) is 1.42. The summed E-state index contributed by atoms with van der Waals surface area (Å²) in [7, 11) is 0. The van der Waals surface area contributed by atoms with E-state index >= 15 is 0 Å². The van der Waals surface area contributed by atoms with E-state index in [0.717, 1.165) is 0 Å². The first-order valence-corrected chi connectivity index (χ1v) is 5.88. The average molecular weight is 230 g/mol. The van der Waals surface area contributed by atoms with Gasteiger partial charge in [0.05, 0.1) is 6.61 Å². The zero-order valence-electron chi connectivity index (χ0n) is 9.76. The van der Waals surface area contributed by atoms with Gasteiger partial charge in [-0.15, -0.1) is 0 Å². The molecule has 0 heterocycles. The minimum Gasteiger partial charge on any atom is -0.395 e. The van der Waals surface area contributed by atoms with Gasteiger partial charge in [-0.3, -0.25) is 0 Å². The molecule has 0 radical (unpaired) electrons. The van der Waals surface area contributed by atoms with E-state index in [9.17, 15) is 0 Å². The van der Waals surface area contributed by atoms with Gasteiger partial charge in [0.15, 0.2) is 0 Å². The van der Waals surface area contributed by atoms with E-state index in [1.165, 1.54) is 16.3 Å². The topological polar surface area (TPSA) is 58.3 Å². The highest BCUT2D eigenvalue weighted by Crippen LogP contribution is 2.23. The maximum absolute atomic E-state index is 8.87. The van der Waals surface area contributed by atoms with Gasteiger partial charge in [0, 0.05) is 19.1 Å². The summed E-state index contributed by atoms with van der Waals surface area (Å²) in [6, 6.07) is 14.6. The Morgan fingerprint density at radius 2 is 1.88 bits per heavy atom. The molecule has 0 aromatic heterocycles. The van der Waals surface area contributed by atoms with Crippen LogP contribution in [0, 0.1) is 0 Å². The number of nitrogens with one attached hydrogen (secondary N) is 1. The van der Waals surface area contributed by atoms with Gasteiger partial charge >= 0.3 is 0 Å². The molecule has 2 aromatic carbocycles. The van der Waals surface area contributed by atoms with Crippen LogP contribution in [0.5, 0.6) is 0 Å².